The number of likely N-dealkylation sites (tertiary alicyclic amines) is 1. The molecule has 140 valence electrons. The summed E-state index contributed by atoms with van der Waals surface area (Å²) in [4.78, 5) is 13.3. The normalized spacial score (nSPS) is 17.2. The number of rotatable bonds is 9. The van der Waals surface area contributed by atoms with Crippen LogP contribution in [-0.4, -0.2) is 62.5 Å². The summed E-state index contributed by atoms with van der Waals surface area (Å²) in [6.07, 6.45) is 0.952. The van der Waals surface area contributed by atoms with E-state index in [-0.39, 0.29) is 18.4 Å². The predicted octanol–water partition coefficient (Wildman–Crippen LogP) is 0.779. The van der Waals surface area contributed by atoms with Crippen molar-refractivity contribution in [3.63, 3.8) is 0 Å². The molecule has 1 amide bonds. The van der Waals surface area contributed by atoms with Gasteiger partial charge in [0, 0.05) is 12.5 Å². The number of benzene rings is 1. The molecule has 1 aromatic rings. The van der Waals surface area contributed by atoms with Crippen molar-refractivity contribution in [3.8, 4) is 11.5 Å². The number of carbonyl (C=O) groups excluding carboxylic acids is 1. The molecule has 1 fully saturated rings. The number of β-amino-alcohol motifs (C(OH)–C–C–N with tert-alkyl or cyclic N) is 1. The quantitative estimate of drug-likeness (QED) is 0.682. The van der Waals surface area contributed by atoms with E-state index in [2.05, 4.69) is 4.90 Å². The van der Waals surface area contributed by atoms with Gasteiger partial charge in [-0.15, -0.1) is 0 Å². The van der Waals surface area contributed by atoms with Gasteiger partial charge < -0.3 is 30.0 Å². The molecule has 0 unspecified atom stereocenters. The molecule has 0 saturated carbocycles. The third-order valence-electron chi connectivity index (χ3n) is 4.49. The van der Waals surface area contributed by atoms with Crippen LogP contribution in [0.1, 0.15) is 18.4 Å². The van der Waals surface area contributed by atoms with Gasteiger partial charge in [0.15, 0.2) is 11.5 Å². The van der Waals surface area contributed by atoms with E-state index in [1.807, 2.05) is 18.2 Å². The minimum Gasteiger partial charge on any atom is -0.493 e. The van der Waals surface area contributed by atoms with Gasteiger partial charge in [0.05, 0.1) is 33.5 Å². The number of nitrogens with two attached hydrogens (primary N) is 1. The van der Waals surface area contributed by atoms with Crippen LogP contribution in [0.4, 0.5) is 0 Å². The van der Waals surface area contributed by atoms with Gasteiger partial charge in [-0.25, -0.2) is 0 Å². The first-order valence-corrected chi connectivity index (χ1v) is 8.52. The Hall–Kier alpha value is -1.83. The smallest absolute Gasteiger partial charge is 0.220 e. The summed E-state index contributed by atoms with van der Waals surface area (Å²) in [5, 5.41) is 10.1. The van der Waals surface area contributed by atoms with Gasteiger partial charge >= 0.3 is 0 Å². The van der Waals surface area contributed by atoms with Gasteiger partial charge in [-0.1, -0.05) is 6.07 Å². The zero-order chi connectivity index (χ0) is 18.2. The fourth-order valence-electron chi connectivity index (χ4n) is 3.03. The summed E-state index contributed by atoms with van der Waals surface area (Å²) >= 11 is 0. The molecule has 25 heavy (non-hydrogen) atoms. The zero-order valence-corrected chi connectivity index (χ0v) is 14.9. The molecule has 1 heterocycles. The van der Waals surface area contributed by atoms with Crippen molar-refractivity contribution in [3.05, 3.63) is 23.8 Å². The number of hydrogen-bond donors (Lipinski definition) is 2. The van der Waals surface area contributed by atoms with E-state index in [1.165, 1.54) is 0 Å². The van der Waals surface area contributed by atoms with Crippen LogP contribution in [0.25, 0.3) is 0 Å². The van der Waals surface area contributed by atoms with Crippen molar-refractivity contribution in [1.29, 1.82) is 0 Å². The lowest BCUT2D eigenvalue weighted by atomic mass is 9.96. The van der Waals surface area contributed by atoms with Crippen LogP contribution in [0.15, 0.2) is 18.2 Å². The summed E-state index contributed by atoms with van der Waals surface area (Å²) in [5.74, 6) is 1.07. The van der Waals surface area contributed by atoms with Crippen molar-refractivity contribution in [1.82, 2.24) is 4.90 Å². The Labute approximate surface area is 148 Å². The number of aliphatic hydroxyl groups excluding tert-OH is 1. The van der Waals surface area contributed by atoms with Gasteiger partial charge in [-0.05, 0) is 43.6 Å². The summed E-state index contributed by atoms with van der Waals surface area (Å²) in [5.41, 5.74) is 6.28. The molecule has 1 atom stereocenters. The number of amides is 1. The molecule has 3 N–H and O–H groups in total. The largest absolute Gasteiger partial charge is 0.493 e. The van der Waals surface area contributed by atoms with E-state index in [4.69, 9.17) is 19.9 Å². The van der Waals surface area contributed by atoms with E-state index < -0.39 is 6.10 Å². The van der Waals surface area contributed by atoms with Gasteiger partial charge in [0.25, 0.3) is 0 Å². The van der Waals surface area contributed by atoms with Crippen LogP contribution in [0.5, 0.6) is 11.5 Å². The maximum Gasteiger partial charge on any atom is 0.220 e. The second-order valence-electron chi connectivity index (χ2n) is 6.34. The highest BCUT2D eigenvalue weighted by Crippen LogP contribution is 2.27. The molecule has 1 saturated heterocycles. The molecule has 0 radical (unpaired) electrons. The first-order valence-electron chi connectivity index (χ1n) is 8.52. The van der Waals surface area contributed by atoms with Gasteiger partial charge in [0.1, 0.15) is 0 Å². The van der Waals surface area contributed by atoms with Crippen molar-refractivity contribution >= 4 is 5.91 Å². The number of methoxy groups -OCH3 is 2. The standard InChI is InChI=1S/C18H28N2O5/c1-23-16-4-3-13(9-17(16)24-2)11-25-12-15(21)10-20-7-5-14(6-8-20)18(19)22/h3-4,9,14-15,21H,5-8,10-12H2,1-2H3,(H2,19,22)/t15-/m1/s1. The van der Waals surface area contributed by atoms with Gasteiger partial charge in [0.2, 0.25) is 5.91 Å². The predicted molar refractivity (Wildman–Crippen MR) is 93.6 cm³/mol. The maximum absolute atomic E-state index is 11.2. The average molecular weight is 352 g/mol. The number of hydrogen-bond acceptors (Lipinski definition) is 6. The molecule has 7 nitrogen and oxygen atoms in total. The molecule has 0 spiro atoms. The Kier molecular flexibility index (Phi) is 7.49. The second kappa shape index (κ2) is 9.60. The van der Waals surface area contributed by atoms with Crippen molar-refractivity contribution in [2.24, 2.45) is 11.7 Å². The number of aliphatic hydroxyl groups is 1. The van der Waals surface area contributed by atoms with Crippen molar-refractivity contribution in [2.75, 3.05) is 40.5 Å². The Morgan fingerprint density at radius 3 is 2.56 bits per heavy atom. The van der Waals surface area contributed by atoms with Crippen LogP contribution >= 0.6 is 0 Å². The second-order valence-corrected chi connectivity index (χ2v) is 6.34. The Morgan fingerprint density at radius 2 is 1.96 bits per heavy atom. The molecule has 1 aliphatic rings. The summed E-state index contributed by atoms with van der Waals surface area (Å²) in [7, 11) is 3.18. The van der Waals surface area contributed by atoms with E-state index in [1.54, 1.807) is 14.2 Å². The maximum atomic E-state index is 11.2. The van der Waals surface area contributed by atoms with Crippen LogP contribution in [0.2, 0.25) is 0 Å². The number of ether oxygens (including phenoxy) is 3. The Balaban J connectivity index is 1.70. The molecule has 7 heteroatoms. The highest BCUT2D eigenvalue weighted by Gasteiger charge is 2.24. The van der Waals surface area contributed by atoms with Crippen LogP contribution in [-0.2, 0) is 16.1 Å². The van der Waals surface area contributed by atoms with E-state index in [0.29, 0.717) is 24.7 Å². The first kappa shape index (κ1) is 19.5. The van der Waals surface area contributed by atoms with Crippen molar-refractivity contribution < 1.29 is 24.1 Å². The molecule has 1 aliphatic heterocycles. The monoisotopic (exact) mass is 352 g/mol. The molecule has 0 bridgehead atoms. The molecular weight excluding hydrogens is 324 g/mol. The number of piperidine rings is 1. The van der Waals surface area contributed by atoms with E-state index in [9.17, 15) is 9.90 Å². The number of nitrogens with zero attached hydrogens (tertiary/aromatic N) is 1. The lowest BCUT2D eigenvalue weighted by molar-refractivity contribution is -0.123. The summed E-state index contributed by atoms with van der Waals surface area (Å²) < 4.78 is 16.1. The molecular formula is C18H28N2O5. The third kappa shape index (κ3) is 5.88. The molecule has 0 aliphatic carbocycles. The number of primary amides is 1. The van der Waals surface area contributed by atoms with Crippen LogP contribution < -0.4 is 15.2 Å². The third-order valence-corrected chi connectivity index (χ3v) is 4.49. The fraction of sp³-hybridized carbons (Fsp3) is 0.611. The molecule has 0 aromatic heterocycles. The lowest BCUT2D eigenvalue weighted by Crippen LogP contribution is -2.42. The van der Waals surface area contributed by atoms with Crippen molar-refractivity contribution in [2.45, 2.75) is 25.6 Å². The minimum atomic E-state index is -0.565. The van der Waals surface area contributed by atoms with Gasteiger partial charge in [-0.2, -0.15) is 0 Å². The van der Waals surface area contributed by atoms with Crippen LogP contribution in [0, 0.1) is 5.92 Å². The SMILES string of the molecule is COc1ccc(COC[C@H](O)CN2CCC(C(N)=O)CC2)cc1OC. The van der Waals surface area contributed by atoms with E-state index in [0.717, 1.165) is 31.5 Å². The molecule has 2 rings (SSSR count). The Bertz CT molecular complexity index is 558. The lowest BCUT2D eigenvalue weighted by Gasteiger charge is -2.31. The highest BCUT2D eigenvalue weighted by atomic mass is 16.5. The van der Waals surface area contributed by atoms with Gasteiger partial charge in [-0.3, -0.25) is 4.79 Å². The summed E-state index contributed by atoms with van der Waals surface area (Å²) in [6, 6.07) is 5.60. The topological polar surface area (TPSA) is 94.3 Å². The minimum absolute atomic E-state index is 0.0327. The zero-order valence-electron chi connectivity index (χ0n) is 14.9. The highest BCUT2D eigenvalue weighted by molar-refractivity contribution is 5.76. The van der Waals surface area contributed by atoms with E-state index >= 15 is 0 Å². The fourth-order valence-corrected chi connectivity index (χ4v) is 3.03. The average Bonchev–Trinajstić information content (AvgIpc) is 2.62. The summed E-state index contributed by atoms with van der Waals surface area (Å²) in [6.45, 7) is 2.74. The number of carbonyl (C=O) groups is 1. The first-order chi connectivity index (χ1) is 12.0. The molecule has 1 aromatic carbocycles. The van der Waals surface area contributed by atoms with Crippen LogP contribution in [0.3, 0.4) is 0 Å². The Morgan fingerprint density at radius 1 is 1.28 bits per heavy atom.